The van der Waals surface area contributed by atoms with Crippen LogP contribution in [0.15, 0.2) is 78.9 Å². The monoisotopic (exact) mass is 329 g/mol. The number of amides is 1. The zero-order chi connectivity index (χ0) is 17.2. The third-order valence-corrected chi connectivity index (χ3v) is 4.33. The fraction of sp³-hybridized carbons (Fsp3) is 0.0455. The lowest BCUT2D eigenvalue weighted by Crippen LogP contribution is -2.25. The molecule has 3 aromatic carbocycles. The standard InChI is InChI=1S/C22H16FNO/c23-18-12-10-17(11-13-18)15-24-21-9-5-4-8-19(21)20(22(24)25)14-16-6-2-1-3-7-16/h1-14H,15H2/b20-14-. The number of carbonyl (C=O) groups is 1. The highest BCUT2D eigenvalue weighted by atomic mass is 19.1. The molecular weight excluding hydrogens is 313 g/mol. The molecule has 0 aromatic heterocycles. The summed E-state index contributed by atoms with van der Waals surface area (Å²) in [6.45, 7) is 0.419. The van der Waals surface area contributed by atoms with Crippen molar-refractivity contribution in [2.24, 2.45) is 0 Å². The van der Waals surface area contributed by atoms with Crippen molar-refractivity contribution >= 4 is 23.2 Å². The van der Waals surface area contributed by atoms with Gasteiger partial charge in [0.1, 0.15) is 5.82 Å². The Labute approximate surface area is 145 Å². The van der Waals surface area contributed by atoms with Crippen LogP contribution in [0.1, 0.15) is 16.7 Å². The van der Waals surface area contributed by atoms with Crippen LogP contribution in [0.25, 0.3) is 11.6 Å². The average Bonchev–Trinajstić information content (AvgIpc) is 2.90. The summed E-state index contributed by atoms with van der Waals surface area (Å²) in [5.41, 5.74) is 4.39. The molecule has 0 N–H and O–H groups in total. The van der Waals surface area contributed by atoms with Gasteiger partial charge in [0.25, 0.3) is 5.91 Å². The Bertz CT molecular complexity index is 945. The van der Waals surface area contributed by atoms with E-state index in [0.29, 0.717) is 12.1 Å². The largest absolute Gasteiger partial charge is 0.303 e. The van der Waals surface area contributed by atoms with Gasteiger partial charge in [-0.3, -0.25) is 4.79 Å². The van der Waals surface area contributed by atoms with Crippen molar-refractivity contribution in [2.75, 3.05) is 4.90 Å². The van der Waals surface area contributed by atoms with E-state index >= 15 is 0 Å². The van der Waals surface area contributed by atoms with Crippen molar-refractivity contribution in [3.8, 4) is 0 Å². The minimum atomic E-state index is -0.276. The van der Waals surface area contributed by atoms with Crippen molar-refractivity contribution in [2.45, 2.75) is 6.54 Å². The van der Waals surface area contributed by atoms with Crippen LogP contribution in [0.3, 0.4) is 0 Å². The number of hydrogen-bond acceptors (Lipinski definition) is 1. The summed E-state index contributed by atoms with van der Waals surface area (Å²) in [6, 6.07) is 23.8. The molecule has 3 heteroatoms. The van der Waals surface area contributed by atoms with Gasteiger partial charge >= 0.3 is 0 Å². The Morgan fingerprint density at radius 2 is 1.52 bits per heavy atom. The van der Waals surface area contributed by atoms with Crippen LogP contribution >= 0.6 is 0 Å². The van der Waals surface area contributed by atoms with Crippen molar-refractivity contribution in [3.63, 3.8) is 0 Å². The number of anilines is 1. The van der Waals surface area contributed by atoms with Crippen LogP contribution in [0.5, 0.6) is 0 Å². The summed E-state index contributed by atoms with van der Waals surface area (Å²) in [5.74, 6) is -0.309. The highest BCUT2D eigenvalue weighted by Gasteiger charge is 2.31. The van der Waals surface area contributed by atoms with Gasteiger partial charge in [-0.25, -0.2) is 4.39 Å². The summed E-state index contributed by atoms with van der Waals surface area (Å²) in [6.07, 6.45) is 1.92. The summed E-state index contributed by atoms with van der Waals surface area (Å²) >= 11 is 0. The molecule has 0 saturated heterocycles. The second-order valence-corrected chi connectivity index (χ2v) is 6.00. The van der Waals surface area contributed by atoms with Crippen molar-refractivity contribution in [3.05, 3.63) is 101 Å². The molecule has 0 fully saturated rings. The Morgan fingerprint density at radius 1 is 0.840 bits per heavy atom. The Morgan fingerprint density at radius 3 is 2.28 bits per heavy atom. The van der Waals surface area contributed by atoms with E-state index in [9.17, 15) is 9.18 Å². The van der Waals surface area contributed by atoms with Gasteiger partial charge < -0.3 is 4.90 Å². The number of nitrogens with zero attached hydrogens (tertiary/aromatic N) is 1. The maximum Gasteiger partial charge on any atom is 0.259 e. The molecule has 25 heavy (non-hydrogen) atoms. The number of rotatable bonds is 3. The van der Waals surface area contributed by atoms with E-state index in [2.05, 4.69) is 0 Å². The van der Waals surface area contributed by atoms with Crippen molar-refractivity contribution in [1.82, 2.24) is 0 Å². The summed E-state index contributed by atoms with van der Waals surface area (Å²) in [7, 11) is 0. The van der Waals surface area contributed by atoms with Crippen molar-refractivity contribution in [1.29, 1.82) is 0 Å². The van der Waals surface area contributed by atoms with Crippen LogP contribution in [0.2, 0.25) is 0 Å². The van der Waals surface area contributed by atoms with Gasteiger partial charge in [-0.15, -0.1) is 0 Å². The SMILES string of the molecule is O=C1/C(=C\c2ccccc2)c2ccccc2N1Cc1ccc(F)cc1. The Kier molecular flexibility index (Phi) is 3.90. The molecule has 0 unspecified atom stereocenters. The van der Waals surface area contributed by atoms with E-state index in [-0.39, 0.29) is 11.7 Å². The third kappa shape index (κ3) is 2.96. The summed E-state index contributed by atoms with van der Waals surface area (Å²) in [4.78, 5) is 14.8. The predicted molar refractivity (Wildman–Crippen MR) is 98.3 cm³/mol. The van der Waals surface area contributed by atoms with Crippen LogP contribution in [0, 0.1) is 5.82 Å². The first-order chi connectivity index (χ1) is 12.2. The number of hydrogen-bond donors (Lipinski definition) is 0. The molecule has 3 aromatic rings. The predicted octanol–water partition coefficient (Wildman–Crippen LogP) is 4.91. The zero-order valence-corrected chi connectivity index (χ0v) is 13.5. The molecule has 2 nitrogen and oxygen atoms in total. The van der Waals surface area contributed by atoms with E-state index in [1.165, 1.54) is 12.1 Å². The maximum absolute atomic E-state index is 13.1. The third-order valence-electron chi connectivity index (χ3n) is 4.33. The van der Waals surface area contributed by atoms with Crippen LogP contribution in [0.4, 0.5) is 10.1 Å². The lowest BCUT2D eigenvalue weighted by molar-refractivity contribution is -0.113. The van der Waals surface area contributed by atoms with Crippen LogP contribution in [-0.2, 0) is 11.3 Å². The normalized spacial score (nSPS) is 14.8. The van der Waals surface area contributed by atoms with E-state index in [1.807, 2.05) is 60.7 Å². The van der Waals surface area contributed by atoms with Gasteiger partial charge in [0, 0.05) is 11.1 Å². The molecular formula is C22H16FNO. The molecule has 0 saturated carbocycles. The first-order valence-corrected chi connectivity index (χ1v) is 8.15. The average molecular weight is 329 g/mol. The fourth-order valence-corrected chi connectivity index (χ4v) is 3.09. The molecule has 1 amide bonds. The quantitative estimate of drug-likeness (QED) is 0.625. The first-order valence-electron chi connectivity index (χ1n) is 8.15. The molecule has 122 valence electrons. The van der Waals surface area contributed by atoms with Crippen molar-refractivity contribution < 1.29 is 9.18 Å². The van der Waals surface area contributed by atoms with E-state index in [0.717, 1.165) is 22.4 Å². The number of benzene rings is 3. The van der Waals surface area contributed by atoms with Crippen LogP contribution < -0.4 is 4.90 Å². The second kappa shape index (κ2) is 6.36. The van der Waals surface area contributed by atoms with E-state index in [4.69, 9.17) is 0 Å². The van der Waals surface area contributed by atoms with Gasteiger partial charge in [0.05, 0.1) is 12.2 Å². The topological polar surface area (TPSA) is 20.3 Å². The second-order valence-electron chi connectivity index (χ2n) is 6.00. The van der Waals surface area contributed by atoms with E-state index in [1.54, 1.807) is 17.0 Å². The minimum absolute atomic E-state index is 0.0330. The highest BCUT2D eigenvalue weighted by molar-refractivity contribution is 6.35. The van der Waals surface area contributed by atoms with Crippen LogP contribution in [-0.4, -0.2) is 5.91 Å². The molecule has 0 atom stereocenters. The van der Waals surface area contributed by atoms with Gasteiger partial charge in [-0.2, -0.15) is 0 Å². The molecule has 0 radical (unpaired) electrons. The lowest BCUT2D eigenvalue weighted by atomic mass is 10.0. The molecule has 1 aliphatic heterocycles. The molecule has 0 aliphatic carbocycles. The molecule has 0 spiro atoms. The number of carbonyl (C=O) groups excluding carboxylic acids is 1. The van der Waals surface area contributed by atoms with Gasteiger partial charge in [-0.1, -0.05) is 60.7 Å². The molecule has 0 bridgehead atoms. The number of halogens is 1. The lowest BCUT2D eigenvalue weighted by Gasteiger charge is -2.17. The molecule has 1 aliphatic rings. The molecule has 4 rings (SSSR count). The highest BCUT2D eigenvalue weighted by Crippen LogP contribution is 2.38. The van der Waals surface area contributed by atoms with Gasteiger partial charge in [0.15, 0.2) is 0 Å². The molecule has 1 heterocycles. The Hall–Kier alpha value is -3.20. The number of para-hydroxylation sites is 1. The van der Waals surface area contributed by atoms with E-state index < -0.39 is 0 Å². The number of fused-ring (bicyclic) bond motifs is 1. The minimum Gasteiger partial charge on any atom is -0.303 e. The summed E-state index contributed by atoms with van der Waals surface area (Å²) in [5, 5.41) is 0. The van der Waals surface area contributed by atoms with Gasteiger partial charge in [0.2, 0.25) is 0 Å². The first kappa shape index (κ1) is 15.3. The van der Waals surface area contributed by atoms with Gasteiger partial charge in [-0.05, 0) is 35.4 Å². The smallest absolute Gasteiger partial charge is 0.259 e. The summed E-state index contributed by atoms with van der Waals surface area (Å²) < 4.78 is 13.1. The Balaban J connectivity index is 1.73. The maximum atomic E-state index is 13.1. The fourth-order valence-electron chi connectivity index (χ4n) is 3.09. The zero-order valence-electron chi connectivity index (χ0n) is 13.5.